The highest BCUT2D eigenvalue weighted by Gasteiger charge is 2.31. The molecule has 4 nitrogen and oxygen atoms in total. The molecule has 5 heteroatoms. The molecule has 1 aliphatic rings. The van der Waals surface area contributed by atoms with E-state index in [1.807, 2.05) is 24.3 Å². The molecule has 88 valence electrons. The molecule has 17 heavy (non-hydrogen) atoms. The smallest absolute Gasteiger partial charge is 0.112 e. The minimum absolute atomic E-state index is 0.0631. The van der Waals surface area contributed by atoms with Crippen LogP contribution in [0.2, 0.25) is 5.02 Å². The SMILES string of the molecule is OCc1nnn(-c2cccc(Cl)c2)c1C1CC1. The Labute approximate surface area is 104 Å². The first-order chi connectivity index (χ1) is 8.29. The molecule has 1 aromatic carbocycles. The Morgan fingerprint density at radius 2 is 2.24 bits per heavy atom. The van der Waals surface area contributed by atoms with Gasteiger partial charge in [-0.2, -0.15) is 0 Å². The highest BCUT2D eigenvalue weighted by molar-refractivity contribution is 6.30. The van der Waals surface area contributed by atoms with Crippen molar-refractivity contribution in [1.29, 1.82) is 0 Å². The maximum absolute atomic E-state index is 9.27. The highest BCUT2D eigenvalue weighted by atomic mass is 35.5. The second kappa shape index (κ2) is 4.13. The number of benzene rings is 1. The molecule has 0 radical (unpaired) electrons. The summed E-state index contributed by atoms with van der Waals surface area (Å²) in [7, 11) is 0. The molecule has 0 saturated heterocycles. The molecular formula is C12H12ClN3O. The third-order valence-corrected chi connectivity index (χ3v) is 3.18. The predicted octanol–water partition coefficient (Wildman–Crippen LogP) is 2.29. The molecular weight excluding hydrogens is 238 g/mol. The molecule has 1 saturated carbocycles. The molecule has 1 heterocycles. The minimum atomic E-state index is -0.0631. The number of aliphatic hydroxyl groups excluding tert-OH is 1. The fraction of sp³-hybridized carbons (Fsp3) is 0.333. The number of halogens is 1. The molecule has 0 unspecified atom stereocenters. The molecule has 0 spiro atoms. The summed E-state index contributed by atoms with van der Waals surface area (Å²) in [5.74, 6) is 0.478. The number of rotatable bonds is 3. The summed E-state index contributed by atoms with van der Waals surface area (Å²) < 4.78 is 1.79. The van der Waals surface area contributed by atoms with E-state index in [-0.39, 0.29) is 6.61 Å². The van der Waals surface area contributed by atoms with Gasteiger partial charge in [-0.15, -0.1) is 5.10 Å². The summed E-state index contributed by atoms with van der Waals surface area (Å²) in [4.78, 5) is 0. The van der Waals surface area contributed by atoms with Crippen LogP contribution in [0.15, 0.2) is 24.3 Å². The first kappa shape index (κ1) is 10.7. The zero-order valence-corrected chi connectivity index (χ0v) is 9.93. The van der Waals surface area contributed by atoms with Gasteiger partial charge in [-0.1, -0.05) is 22.9 Å². The zero-order valence-electron chi connectivity index (χ0n) is 9.17. The molecule has 1 N–H and O–H groups in total. The quantitative estimate of drug-likeness (QED) is 0.908. The number of aliphatic hydroxyl groups is 1. The summed E-state index contributed by atoms with van der Waals surface area (Å²) >= 11 is 5.97. The van der Waals surface area contributed by atoms with Crippen LogP contribution >= 0.6 is 11.6 Å². The van der Waals surface area contributed by atoms with Crippen molar-refractivity contribution in [2.45, 2.75) is 25.4 Å². The third-order valence-electron chi connectivity index (χ3n) is 2.95. The van der Waals surface area contributed by atoms with Crippen LogP contribution in [0.4, 0.5) is 0 Å². The fourth-order valence-corrected chi connectivity index (χ4v) is 2.18. The summed E-state index contributed by atoms with van der Waals surface area (Å²) in [5.41, 5.74) is 2.59. The average Bonchev–Trinajstić information content (AvgIpc) is 3.08. The Hall–Kier alpha value is -1.39. The van der Waals surface area contributed by atoms with Crippen molar-refractivity contribution in [2.24, 2.45) is 0 Å². The lowest BCUT2D eigenvalue weighted by molar-refractivity contribution is 0.275. The van der Waals surface area contributed by atoms with Gasteiger partial charge in [0.05, 0.1) is 18.0 Å². The van der Waals surface area contributed by atoms with Gasteiger partial charge in [0.1, 0.15) is 5.69 Å². The Morgan fingerprint density at radius 1 is 1.41 bits per heavy atom. The van der Waals surface area contributed by atoms with Crippen LogP contribution in [0.3, 0.4) is 0 Å². The summed E-state index contributed by atoms with van der Waals surface area (Å²) in [6.45, 7) is -0.0631. The van der Waals surface area contributed by atoms with Gasteiger partial charge < -0.3 is 5.11 Å². The summed E-state index contributed by atoms with van der Waals surface area (Å²) in [5, 5.41) is 18.1. The van der Waals surface area contributed by atoms with Crippen molar-refractivity contribution >= 4 is 11.6 Å². The first-order valence-corrected chi connectivity index (χ1v) is 5.98. The van der Waals surface area contributed by atoms with Gasteiger partial charge in [0.15, 0.2) is 0 Å². The van der Waals surface area contributed by atoms with Gasteiger partial charge in [-0.05, 0) is 31.0 Å². The fourth-order valence-electron chi connectivity index (χ4n) is 2.00. The van der Waals surface area contributed by atoms with Crippen LogP contribution in [0.5, 0.6) is 0 Å². The average molecular weight is 250 g/mol. The second-order valence-corrected chi connectivity index (χ2v) is 4.68. The molecule has 0 bridgehead atoms. The van der Waals surface area contributed by atoms with Crippen molar-refractivity contribution < 1.29 is 5.11 Å². The van der Waals surface area contributed by atoms with E-state index in [9.17, 15) is 5.11 Å². The van der Waals surface area contributed by atoms with Crippen LogP contribution in [0.1, 0.15) is 30.1 Å². The number of nitrogens with zero attached hydrogens (tertiary/aromatic N) is 3. The van der Waals surface area contributed by atoms with E-state index < -0.39 is 0 Å². The van der Waals surface area contributed by atoms with E-state index in [2.05, 4.69) is 10.3 Å². The lowest BCUT2D eigenvalue weighted by atomic mass is 10.2. The van der Waals surface area contributed by atoms with Gasteiger partial charge in [0, 0.05) is 10.9 Å². The van der Waals surface area contributed by atoms with Crippen LogP contribution < -0.4 is 0 Å². The monoisotopic (exact) mass is 249 g/mol. The van der Waals surface area contributed by atoms with E-state index in [0.29, 0.717) is 16.6 Å². The summed E-state index contributed by atoms with van der Waals surface area (Å²) in [6.07, 6.45) is 2.28. The van der Waals surface area contributed by atoms with Crippen molar-refractivity contribution in [3.05, 3.63) is 40.7 Å². The third kappa shape index (κ3) is 1.94. The summed E-state index contributed by atoms with van der Waals surface area (Å²) in [6, 6.07) is 7.50. The molecule has 3 rings (SSSR count). The lowest BCUT2D eigenvalue weighted by Crippen LogP contribution is -2.02. The largest absolute Gasteiger partial charge is 0.390 e. The normalized spacial score (nSPS) is 15.2. The Morgan fingerprint density at radius 3 is 2.88 bits per heavy atom. The molecule has 1 fully saturated rings. The van der Waals surface area contributed by atoms with Crippen LogP contribution in [-0.4, -0.2) is 20.1 Å². The molecule has 1 aromatic heterocycles. The minimum Gasteiger partial charge on any atom is -0.390 e. The molecule has 1 aliphatic carbocycles. The van der Waals surface area contributed by atoms with Gasteiger partial charge in [-0.3, -0.25) is 0 Å². The Kier molecular flexibility index (Phi) is 2.61. The van der Waals surface area contributed by atoms with Gasteiger partial charge in [0.25, 0.3) is 0 Å². The van der Waals surface area contributed by atoms with Crippen molar-refractivity contribution in [1.82, 2.24) is 15.0 Å². The highest BCUT2D eigenvalue weighted by Crippen LogP contribution is 2.42. The van der Waals surface area contributed by atoms with Gasteiger partial charge in [-0.25, -0.2) is 4.68 Å². The molecule has 0 atom stereocenters. The number of hydrogen-bond donors (Lipinski definition) is 1. The number of aromatic nitrogens is 3. The van der Waals surface area contributed by atoms with Gasteiger partial charge >= 0.3 is 0 Å². The Balaban J connectivity index is 2.11. The first-order valence-electron chi connectivity index (χ1n) is 5.61. The zero-order chi connectivity index (χ0) is 11.8. The van der Waals surface area contributed by atoms with E-state index in [4.69, 9.17) is 11.6 Å². The van der Waals surface area contributed by atoms with E-state index in [1.165, 1.54) is 0 Å². The van der Waals surface area contributed by atoms with E-state index in [0.717, 1.165) is 24.2 Å². The topological polar surface area (TPSA) is 50.9 Å². The maximum atomic E-state index is 9.27. The van der Waals surface area contributed by atoms with E-state index >= 15 is 0 Å². The molecule has 2 aromatic rings. The predicted molar refractivity (Wildman–Crippen MR) is 64.3 cm³/mol. The Bertz CT molecular complexity index is 548. The molecule has 0 aliphatic heterocycles. The van der Waals surface area contributed by atoms with E-state index in [1.54, 1.807) is 4.68 Å². The van der Waals surface area contributed by atoms with Crippen molar-refractivity contribution in [3.63, 3.8) is 0 Å². The maximum Gasteiger partial charge on any atom is 0.112 e. The standard InChI is InChI=1S/C12H12ClN3O/c13-9-2-1-3-10(6-9)16-12(8-4-5-8)11(7-17)14-15-16/h1-3,6,8,17H,4-5,7H2. The second-order valence-electron chi connectivity index (χ2n) is 4.25. The van der Waals surface area contributed by atoms with Crippen LogP contribution in [0.25, 0.3) is 5.69 Å². The van der Waals surface area contributed by atoms with Crippen molar-refractivity contribution in [3.8, 4) is 5.69 Å². The lowest BCUT2D eigenvalue weighted by Gasteiger charge is -2.06. The number of hydrogen-bond acceptors (Lipinski definition) is 3. The van der Waals surface area contributed by atoms with Crippen LogP contribution in [0, 0.1) is 0 Å². The van der Waals surface area contributed by atoms with Crippen molar-refractivity contribution in [2.75, 3.05) is 0 Å². The molecule has 0 amide bonds. The van der Waals surface area contributed by atoms with Crippen LogP contribution in [-0.2, 0) is 6.61 Å². The van der Waals surface area contributed by atoms with Gasteiger partial charge in [0.2, 0.25) is 0 Å².